The molecule has 32 heavy (non-hydrogen) atoms. The van der Waals surface area contributed by atoms with Crippen molar-refractivity contribution in [1.29, 1.82) is 0 Å². The summed E-state index contributed by atoms with van der Waals surface area (Å²) in [6.45, 7) is 2.30. The van der Waals surface area contributed by atoms with E-state index < -0.39 is 0 Å². The molecule has 3 rings (SSSR count). The molecule has 0 radical (unpaired) electrons. The van der Waals surface area contributed by atoms with E-state index in [0.717, 1.165) is 16.9 Å². The molecule has 8 nitrogen and oxygen atoms in total. The smallest absolute Gasteiger partial charge is 0.258 e. The van der Waals surface area contributed by atoms with Crippen molar-refractivity contribution in [3.63, 3.8) is 0 Å². The summed E-state index contributed by atoms with van der Waals surface area (Å²) in [5.74, 6) is 1.08. The molecule has 0 fully saturated rings. The number of aryl methyl sites for hydroxylation is 1. The van der Waals surface area contributed by atoms with Crippen LogP contribution in [0.5, 0.6) is 17.2 Å². The third kappa shape index (κ3) is 5.75. The summed E-state index contributed by atoms with van der Waals surface area (Å²) in [4.78, 5) is 21.8. The molecule has 0 bridgehead atoms. The molecule has 8 heteroatoms. The number of nitrogens with zero attached hydrogens (tertiary/aromatic N) is 2. The van der Waals surface area contributed by atoms with Crippen LogP contribution in [0.4, 0.5) is 5.69 Å². The minimum atomic E-state index is -0.386. The molecule has 2 aromatic carbocycles. The highest BCUT2D eigenvalue weighted by Gasteiger charge is 2.18. The van der Waals surface area contributed by atoms with Crippen LogP contribution in [0.15, 0.2) is 65.8 Å². The van der Waals surface area contributed by atoms with Gasteiger partial charge < -0.3 is 19.5 Å². The van der Waals surface area contributed by atoms with Gasteiger partial charge in [-0.1, -0.05) is 23.8 Å². The molecule has 1 amide bonds. The summed E-state index contributed by atoms with van der Waals surface area (Å²) in [5, 5.41) is 5.99. The van der Waals surface area contributed by atoms with E-state index in [9.17, 15) is 4.79 Å². The van der Waals surface area contributed by atoms with E-state index >= 15 is 0 Å². The fourth-order valence-electron chi connectivity index (χ4n) is 2.93. The summed E-state index contributed by atoms with van der Waals surface area (Å²) in [5.41, 5.74) is 3.03. The standard InChI is InChI=1S/C24H26N4O4/c1-16-8-10-18(11-9-16)27-24(26-15-19-7-5-6-12-25-19)28-23(29)17-13-20(30-2)22(32-4)21(14-17)31-3/h5-14H,15H2,1-4H3,(H2,26,27,28,29). The average Bonchev–Trinajstić information content (AvgIpc) is 2.83. The van der Waals surface area contributed by atoms with Gasteiger partial charge in [-0.05, 0) is 43.3 Å². The fraction of sp³-hybridized carbons (Fsp3) is 0.208. The molecule has 0 aliphatic carbocycles. The fourth-order valence-corrected chi connectivity index (χ4v) is 2.93. The Bertz CT molecular complexity index is 1060. The lowest BCUT2D eigenvalue weighted by molar-refractivity contribution is 0.0976. The SMILES string of the molecule is COc1cc(C(=O)NC(=NCc2ccccn2)Nc2ccc(C)cc2)cc(OC)c1OC. The van der Waals surface area contributed by atoms with E-state index in [0.29, 0.717) is 35.3 Å². The first-order chi connectivity index (χ1) is 15.5. The van der Waals surface area contributed by atoms with Crippen molar-refractivity contribution in [1.82, 2.24) is 10.3 Å². The Balaban J connectivity index is 1.87. The van der Waals surface area contributed by atoms with Gasteiger partial charge in [0, 0.05) is 17.4 Å². The summed E-state index contributed by atoms with van der Waals surface area (Å²) in [6.07, 6.45) is 1.70. The number of guanidine groups is 1. The Labute approximate surface area is 187 Å². The summed E-state index contributed by atoms with van der Waals surface area (Å²) >= 11 is 0. The predicted octanol–water partition coefficient (Wildman–Crippen LogP) is 3.81. The molecular weight excluding hydrogens is 408 g/mol. The van der Waals surface area contributed by atoms with Crippen molar-refractivity contribution in [2.24, 2.45) is 4.99 Å². The van der Waals surface area contributed by atoms with Crippen LogP contribution in [0.25, 0.3) is 0 Å². The Morgan fingerprint density at radius 3 is 2.22 bits per heavy atom. The van der Waals surface area contributed by atoms with E-state index in [1.54, 1.807) is 18.3 Å². The maximum atomic E-state index is 13.0. The Hall–Kier alpha value is -4.07. The zero-order valence-corrected chi connectivity index (χ0v) is 18.5. The number of hydrogen-bond acceptors (Lipinski definition) is 6. The van der Waals surface area contributed by atoms with Crippen molar-refractivity contribution < 1.29 is 19.0 Å². The van der Waals surface area contributed by atoms with Gasteiger partial charge in [0.1, 0.15) is 0 Å². The Morgan fingerprint density at radius 2 is 1.66 bits per heavy atom. The number of carbonyl (C=O) groups excluding carboxylic acids is 1. The van der Waals surface area contributed by atoms with Gasteiger partial charge in [-0.15, -0.1) is 0 Å². The van der Waals surface area contributed by atoms with E-state index in [4.69, 9.17) is 14.2 Å². The van der Waals surface area contributed by atoms with E-state index in [1.165, 1.54) is 21.3 Å². The van der Waals surface area contributed by atoms with Crippen molar-refractivity contribution in [3.05, 3.63) is 77.6 Å². The Kier molecular flexibility index (Phi) is 7.64. The number of aromatic nitrogens is 1. The number of pyridine rings is 1. The predicted molar refractivity (Wildman–Crippen MR) is 124 cm³/mol. The van der Waals surface area contributed by atoms with Gasteiger partial charge in [-0.2, -0.15) is 0 Å². The maximum Gasteiger partial charge on any atom is 0.258 e. The van der Waals surface area contributed by atoms with Crippen LogP contribution >= 0.6 is 0 Å². The van der Waals surface area contributed by atoms with Crippen molar-refractivity contribution >= 4 is 17.6 Å². The number of anilines is 1. The number of ether oxygens (including phenoxy) is 3. The topological polar surface area (TPSA) is 94.1 Å². The molecule has 0 saturated carbocycles. The summed E-state index contributed by atoms with van der Waals surface area (Å²) in [6, 6.07) is 16.5. The van der Waals surface area contributed by atoms with Crippen LogP contribution in [-0.4, -0.2) is 38.2 Å². The van der Waals surface area contributed by atoms with Crippen LogP contribution in [-0.2, 0) is 6.54 Å². The third-order valence-electron chi connectivity index (χ3n) is 4.60. The number of benzene rings is 2. The van der Waals surface area contributed by atoms with Gasteiger partial charge >= 0.3 is 0 Å². The number of hydrogen-bond donors (Lipinski definition) is 2. The summed E-state index contributed by atoms with van der Waals surface area (Å²) in [7, 11) is 4.50. The van der Waals surface area contributed by atoms with Crippen LogP contribution < -0.4 is 24.8 Å². The summed E-state index contributed by atoms with van der Waals surface area (Å²) < 4.78 is 16.0. The minimum absolute atomic E-state index is 0.290. The van der Waals surface area contributed by atoms with Gasteiger partial charge in [0.2, 0.25) is 11.7 Å². The van der Waals surface area contributed by atoms with Gasteiger partial charge in [0.15, 0.2) is 11.5 Å². The van der Waals surface area contributed by atoms with E-state index in [1.807, 2.05) is 49.4 Å². The first-order valence-corrected chi connectivity index (χ1v) is 9.93. The van der Waals surface area contributed by atoms with E-state index in [2.05, 4.69) is 20.6 Å². The molecule has 0 aliphatic rings. The first-order valence-electron chi connectivity index (χ1n) is 9.93. The molecule has 1 aromatic heterocycles. The lowest BCUT2D eigenvalue weighted by Gasteiger charge is -2.15. The molecule has 0 spiro atoms. The first kappa shape index (κ1) is 22.6. The number of carbonyl (C=O) groups is 1. The highest BCUT2D eigenvalue weighted by molar-refractivity contribution is 6.10. The van der Waals surface area contributed by atoms with Crippen LogP contribution in [0.1, 0.15) is 21.6 Å². The monoisotopic (exact) mass is 434 g/mol. The highest BCUT2D eigenvalue weighted by Crippen LogP contribution is 2.38. The second kappa shape index (κ2) is 10.8. The van der Waals surface area contributed by atoms with Crippen molar-refractivity contribution in [2.45, 2.75) is 13.5 Å². The molecule has 0 saturated heterocycles. The van der Waals surface area contributed by atoms with Crippen molar-refractivity contribution in [2.75, 3.05) is 26.6 Å². The van der Waals surface area contributed by atoms with E-state index in [-0.39, 0.29) is 5.91 Å². The maximum absolute atomic E-state index is 13.0. The van der Waals surface area contributed by atoms with Gasteiger partial charge in [-0.25, -0.2) is 4.99 Å². The largest absolute Gasteiger partial charge is 0.493 e. The highest BCUT2D eigenvalue weighted by atomic mass is 16.5. The molecule has 2 N–H and O–H groups in total. The molecule has 0 atom stereocenters. The van der Waals surface area contributed by atoms with Gasteiger partial charge in [0.05, 0.1) is 33.6 Å². The number of aliphatic imine (C=N–C) groups is 1. The van der Waals surface area contributed by atoms with Crippen LogP contribution in [0.2, 0.25) is 0 Å². The molecule has 166 valence electrons. The third-order valence-corrected chi connectivity index (χ3v) is 4.60. The second-order valence-electron chi connectivity index (χ2n) is 6.85. The number of nitrogens with one attached hydrogen (secondary N) is 2. The molecule has 3 aromatic rings. The molecular formula is C24H26N4O4. The molecule has 0 unspecified atom stereocenters. The Morgan fingerprint density at radius 1 is 0.969 bits per heavy atom. The van der Waals surface area contributed by atoms with Gasteiger partial charge in [0.25, 0.3) is 5.91 Å². The lowest BCUT2D eigenvalue weighted by Crippen LogP contribution is -2.36. The molecule has 1 heterocycles. The second-order valence-corrected chi connectivity index (χ2v) is 6.85. The quantitative estimate of drug-likeness (QED) is 0.434. The van der Waals surface area contributed by atoms with Crippen LogP contribution in [0, 0.1) is 6.92 Å². The van der Waals surface area contributed by atoms with Crippen molar-refractivity contribution in [3.8, 4) is 17.2 Å². The number of amides is 1. The molecule has 0 aliphatic heterocycles. The zero-order valence-electron chi connectivity index (χ0n) is 18.5. The van der Waals surface area contributed by atoms with Gasteiger partial charge in [-0.3, -0.25) is 15.1 Å². The normalized spacial score (nSPS) is 10.9. The lowest BCUT2D eigenvalue weighted by atomic mass is 10.1. The minimum Gasteiger partial charge on any atom is -0.493 e. The average molecular weight is 434 g/mol. The number of rotatable bonds is 7. The van der Waals surface area contributed by atoms with Crippen LogP contribution in [0.3, 0.4) is 0 Å². The zero-order chi connectivity index (χ0) is 22.9. The number of methoxy groups -OCH3 is 3.